The molecule has 0 aliphatic heterocycles. The molecule has 0 bridgehead atoms. The smallest absolute Gasteiger partial charge is 0.147 e. The minimum absolute atomic E-state index is 0.558. The number of aromatic nitrogens is 1. The summed E-state index contributed by atoms with van der Waals surface area (Å²) in [5.41, 5.74) is 1.10. The molecule has 3 nitrogen and oxygen atoms in total. The van der Waals surface area contributed by atoms with E-state index in [1.165, 1.54) is 0 Å². The van der Waals surface area contributed by atoms with Crippen LogP contribution in [0.25, 0.3) is 0 Å². The average molecular weight is 356 g/mol. The fourth-order valence-corrected chi connectivity index (χ4v) is 2.25. The Hall–Kier alpha value is -1.10. The third kappa shape index (κ3) is 4.47. The molecule has 0 atom stereocenters. The van der Waals surface area contributed by atoms with Crippen molar-refractivity contribution in [3.05, 3.63) is 51.7 Å². The maximum absolute atomic E-state index is 5.92. The van der Waals surface area contributed by atoms with E-state index in [0.717, 1.165) is 35.3 Å². The Morgan fingerprint density at radius 3 is 2.90 bits per heavy atom. The Kier molecular flexibility index (Phi) is 5.83. The molecule has 0 fully saturated rings. The first-order valence-electron chi connectivity index (χ1n) is 6.46. The number of nitrogens with one attached hydrogen (secondary N) is 1. The van der Waals surface area contributed by atoms with Crippen LogP contribution in [0.15, 0.2) is 41.1 Å². The van der Waals surface area contributed by atoms with E-state index in [4.69, 9.17) is 16.3 Å². The second-order valence-electron chi connectivity index (χ2n) is 4.37. The van der Waals surface area contributed by atoms with Crippen molar-refractivity contribution in [3.63, 3.8) is 0 Å². The summed E-state index contributed by atoms with van der Waals surface area (Å²) in [6.45, 7) is 3.89. The van der Waals surface area contributed by atoms with Gasteiger partial charge >= 0.3 is 0 Å². The number of pyridine rings is 1. The van der Waals surface area contributed by atoms with Crippen molar-refractivity contribution < 1.29 is 4.74 Å². The van der Waals surface area contributed by atoms with E-state index >= 15 is 0 Å². The molecule has 1 N–H and O–H groups in total. The summed E-state index contributed by atoms with van der Waals surface area (Å²) < 4.78 is 6.86. The lowest BCUT2D eigenvalue weighted by molar-refractivity contribution is 0.470. The molecule has 0 saturated heterocycles. The molecular weight excluding hydrogens is 340 g/mol. The second kappa shape index (κ2) is 7.62. The van der Waals surface area contributed by atoms with Crippen LogP contribution in [-0.4, -0.2) is 11.5 Å². The van der Waals surface area contributed by atoms with Crippen molar-refractivity contribution in [1.82, 2.24) is 10.3 Å². The van der Waals surface area contributed by atoms with Crippen LogP contribution in [0.1, 0.15) is 18.9 Å². The molecule has 2 aromatic rings. The van der Waals surface area contributed by atoms with Gasteiger partial charge in [0.25, 0.3) is 0 Å². The van der Waals surface area contributed by atoms with Crippen molar-refractivity contribution in [1.29, 1.82) is 0 Å². The lowest BCUT2D eigenvalue weighted by Gasteiger charge is -2.12. The number of halogens is 2. The highest BCUT2D eigenvalue weighted by molar-refractivity contribution is 9.10. The highest BCUT2D eigenvalue weighted by Gasteiger charge is 2.06. The molecule has 1 aromatic carbocycles. The van der Waals surface area contributed by atoms with Gasteiger partial charge in [-0.3, -0.25) is 4.98 Å². The summed E-state index contributed by atoms with van der Waals surface area (Å²) in [5.74, 6) is 1.43. The zero-order valence-corrected chi connectivity index (χ0v) is 13.5. The van der Waals surface area contributed by atoms with Crippen molar-refractivity contribution in [2.24, 2.45) is 0 Å². The van der Waals surface area contributed by atoms with Gasteiger partial charge in [0.15, 0.2) is 0 Å². The van der Waals surface area contributed by atoms with Gasteiger partial charge in [-0.2, -0.15) is 0 Å². The molecule has 1 heterocycles. The molecule has 0 aliphatic carbocycles. The van der Waals surface area contributed by atoms with Gasteiger partial charge < -0.3 is 10.1 Å². The minimum atomic E-state index is 0.558. The molecule has 0 unspecified atom stereocenters. The van der Waals surface area contributed by atoms with Crippen molar-refractivity contribution in [2.45, 2.75) is 19.9 Å². The van der Waals surface area contributed by atoms with Gasteiger partial charge in [-0.15, -0.1) is 0 Å². The largest absolute Gasteiger partial charge is 0.455 e. The molecule has 0 amide bonds. The van der Waals surface area contributed by atoms with E-state index in [2.05, 4.69) is 33.2 Å². The van der Waals surface area contributed by atoms with E-state index in [-0.39, 0.29) is 0 Å². The van der Waals surface area contributed by atoms with Crippen LogP contribution < -0.4 is 10.1 Å². The predicted octanol–water partition coefficient (Wildman–Crippen LogP) is 4.79. The first kappa shape index (κ1) is 15.3. The van der Waals surface area contributed by atoms with Gasteiger partial charge in [-0.25, -0.2) is 0 Å². The third-order valence-electron chi connectivity index (χ3n) is 2.68. The summed E-state index contributed by atoms with van der Waals surface area (Å²) in [4.78, 5) is 4.02. The first-order valence-corrected chi connectivity index (χ1v) is 7.63. The standard InChI is InChI=1S/C15H16BrClN2O/c1-2-5-18-8-11-3-4-12(16)6-15(11)20-14-7-13(17)9-19-10-14/h3-4,6-7,9-10,18H,2,5,8H2,1H3. The zero-order valence-electron chi connectivity index (χ0n) is 11.2. The fraction of sp³-hybridized carbons (Fsp3) is 0.267. The highest BCUT2D eigenvalue weighted by Crippen LogP contribution is 2.29. The van der Waals surface area contributed by atoms with Crippen molar-refractivity contribution >= 4 is 27.5 Å². The summed E-state index contributed by atoms with van der Waals surface area (Å²) in [6.07, 6.45) is 4.33. The van der Waals surface area contributed by atoms with Crippen molar-refractivity contribution in [3.8, 4) is 11.5 Å². The normalized spacial score (nSPS) is 10.6. The van der Waals surface area contributed by atoms with Crippen molar-refractivity contribution in [2.75, 3.05) is 6.54 Å². The van der Waals surface area contributed by atoms with E-state index in [1.807, 2.05) is 18.2 Å². The van der Waals surface area contributed by atoms with Gasteiger partial charge in [0.05, 0.1) is 11.2 Å². The second-order valence-corrected chi connectivity index (χ2v) is 5.72. The van der Waals surface area contributed by atoms with Crippen LogP contribution in [0, 0.1) is 0 Å². The lowest BCUT2D eigenvalue weighted by atomic mass is 10.2. The number of ether oxygens (including phenoxy) is 1. The Balaban J connectivity index is 2.18. The van der Waals surface area contributed by atoms with E-state index in [1.54, 1.807) is 18.5 Å². The van der Waals surface area contributed by atoms with Crippen LogP contribution in [0.3, 0.4) is 0 Å². The molecule has 106 valence electrons. The molecule has 0 spiro atoms. The number of hydrogen-bond donors (Lipinski definition) is 1. The van der Waals surface area contributed by atoms with Gasteiger partial charge in [0.1, 0.15) is 11.5 Å². The topological polar surface area (TPSA) is 34.1 Å². The zero-order chi connectivity index (χ0) is 14.4. The number of rotatable bonds is 6. The van der Waals surface area contributed by atoms with E-state index in [9.17, 15) is 0 Å². The van der Waals surface area contributed by atoms with Crippen LogP contribution in [0.4, 0.5) is 0 Å². The molecule has 0 radical (unpaired) electrons. The number of benzene rings is 1. The summed E-state index contributed by atoms with van der Waals surface area (Å²) in [6, 6.07) is 7.74. The maximum Gasteiger partial charge on any atom is 0.147 e. The van der Waals surface area contributed by atoms with E-state index < -0.39 is 0 Å². The minimum Gasteiger partial charge on any atom is -0.455 e. The molecule has 1 aromatic heterocycles. The Morgan fingerprint density at radius 2 is 2.15 bits per heavy atom. The number of hydrogen-bond acceptors (Lipinski definition) is 3. The quantitative estimate of drug-likeness (QED) is 0.757. The third-order valence-corrected chi connectivity index (χ3v) is 3.38. The maximum atomic E-state index is 5.92. The van der Waals surface area contributed by atoms with E-state index in [0.29, 0.717) is 10.8 Å². The molecule has 5 heteroatoms. The molecule has 0 saturated carbocycles. The molecule has 0 aliphatic rings. The van der Waals surface area contributed by atoms with Crippen LogP contribution >= 0.6 is 27.5 Å². The van der Waals surface area contributed by atoms with Gasteiger partial charge in [-0.05, 0) is 25.1 Å². The van der Waals surface area contributed by atoms with Gasteiger partial charge in [-0.1, -0.05) is 40.5 Å². The highest BCUT2D eigenvalue weighted by atomic mass is 79.9. The molecular formula is C15H16BrClN2O. The molecule has 20 heavy (non-hydrogen) atoms. The Morgan fingerprint density at radius 1 is 1.30 bits per heavy atom. The SMILES string of the molecule is CCCNCc1ccc(Br)cc1Oc1cncc(Cl)c1. The predicted molar refractivity (Wildman–Crippen MR) is 85.5 cm³/mol. The molecule has 2 rings (SSSR count). The van der Waals surface area contributed by atoms with Crippen LogP contribution in [0.2, 0.25) is 5.02 Å². The van der Waals surface area contributed by atoms with Crippen LogP contribution in [-0.2, 0) is 6.54 Å². The number of nitrogens with zero attached hydrogens (tertiary/aromatic N) is 1. The van der Waals surface area contributed by atoms with Crippen LogP contribution in [0.5, 0.6) is 11.5 Å². The Bertz CT molecular complexity index is 578. The summed E-state index contributed by atoms with van der Waals surface area (Å²) in [5, 5.41) is 3.93. The fourth-order valence-electron chi connectivity index (χ4n) is 1.74. The van der Waals surface area contributed by atoms with Gasteiger partial charge in [0.2, 0.25) is 0 Å². The lowest BCUT2D eigenvalue weighted by Crippen LogP contribution is -2.14. The summed E-state index contributed by atoms with van der Waals surface area (Å²) in [7, 11) is 0. The summed E-state index contributed by atoms with van der Waals surface area (Å²) >= 11 is 9.38. The van der Waals surface area contributed by atoms with Gasteiger partial charge in [0, 0.05) is 28.8 Å². The first-order chi connectivity index (χ1) is 9.69. The Labute approximate surface area is 132 Å². The average Bonchev–Trinajstić information content (AvgIpc) is 2.41. The monoisotopic (exact) mass is 354 g/mol.